The topological polar surface area (TPSA) is 80.4 Å². The molecule has 0 saturated heterocycles. The largest absolute Gasteiger partial charge is 1.00 e. The van der Waals surface area contributed by atoms with Gasteiger partial charge in [-0.2, -0.15) is 8.42 Å². The van der Waals surface area contributed by atoms with Gasteiger partial charge in [0.15, 0.2) is 0 Å². The Hall–Kier alpha value is 1.51. The van der Waals surface area contributed by atoms with Crippen molar-refractivity contribution in [1.82, 2.24) is 0 Å². The Balaban J connectivity index is 0. The molecule has 1 atom stereocenters. The van der Waals surface area contributed by atoms with E-state index in [1.807, 2.05) is 0 Å². The van der Waals surface area contributed by atoms with Crippen molar-refractivity contribution in [2.24, 2.45) is 5.73 Å². The van der Waals surface area contributed by atoms with Gasteiger partial charge in [0, 0.05) is 6.54 Å². The van der Waals surface area contributed by atoms with Gasteiger partial charge in [0.2, 0.25) is 0 Å². The van der Waals surface area contributed by atoms with Crippen LogP contribution in [0.15, 0.2) is 0 Å². The van der Waals surface area contributed by atoms with Crippen LogP contribution in [-0.4, -0.2) is 24.8 Å². The first-order chi connectivity index (χ1) is 3.48. The van der Waals surface area contributed by atoms with Crippen LogP contribution in [0.4, 0.5) is 0 Å². The quantitative estimate of drug-likeness (QED) is 0.336. The molecule has 4 nitrogen and oxygen atoms in total. The fraction of sp³-hybridized carbons (Fsp3) is 1.00. The van der Waals surface area contributed by atoms with Crippen LogP contribution in [0.5, 0.6) is 0 Å². The zero-order valence-corrected chi connectivity index (χ0v) is 9.47. The van der Waals surface area contributed by atoms with Gasteiger partial charge in [-0.15, -0.1) is 0 Å². The molecule has 9 heavy (non-hydrogen) atoms. The van der Waals surface area contributed by atoms with Gasteiger partial charge in [-0.05, 0) is 6.92 Å². The van der Waals surface area contributed by atoms with Gasteiger partial charge in [0.05, 0.1) is 5.25 Å². The van der Waals surface area contributed by atoms with Crippen LogP contribution >= 0.6 is 0 Å². The third-order valence-electron chi connectivity index (χ3n) is 0.840. The summed E-state index contributed by atoms with van der Waals surface area (Å²) >= 11 is 0. The number of hydrogen-bond donors (Lipinski definition) is 2. The zero-order valence-electron chi connectivity index (χ0n) is 5.53. The Kier molecular flexibility index (Phi) is 7.57. The summed E-state index contributed by atoms with van der Waals surface area (Å²) in [6.45, 7) is 1.30. The third-order valence-corrected chi connectivity index (χ3v) is 2.05. The minimum atomic E-state index is -3.88. The Bertz CT molecular complexity index is 154. The maximum Gasteiger partial charge on any atom is 1.00 e. The molecule has 0 rings (SSSR count). The Labute approximate surface area is 97.4 Å². The summed E-state index contributed by atoms with van der Waals surface area (Å²) in [6, 6.07) is 0. The molecule has 0 aromatic rings. The van der Waals surface area contributed by atoms with Gasteiger partial charge in [-0.25, -0.2) is 0 Å². The molecule has 0 aliphatic heterocycles. The smallest absolute Gasteiger partial charge is 0.329 e. The Morgan fingerprint density at radius 3 is 2.00 bits per heavy atom. The summed E-state index contributed by atoms with van der Waals surface area (Å²) in [7, 11) is -3.88. The van der Waals surface area contributed by atoms with Crippen LogP contribution in [0.25, 0.3) is 0 Å². The standard InChI is InChI=1S/C3H9NO3S.K/c1-3(2-4)8(5,6)7;/h3H,2,4H2,1H3,(H,5,6,7);/q;+1. The van der Waals surface area contributed by atoms with E-state index in [-0.39, 0.29) is 57.9 Å². The predicted octanol–water partition coefficient (Wildman–Crippen LogP) is -3.77. The molecular weight excluding hydrogens is 169 g/mol. The second-order valence-corrected chi connectivity index (χ2v) is 3.40. The van der Waals surface area contributed by atoms with Gasteiger partial charge in [-0.3, -0.25) is 4.55 Å². The average molecular weight is 178 g/mol. The van der Waals surface area contributed by atoms with E-state index in [4.69, 9.17) is 10.3 Å². The molecule has 0 aromatic carbocycles. The normalized spacial score (nSPS) is 14.1. The van der Waals surface area contributed by atoms with Crippen molar-refractivity contribution in [2.45, 2.75) is 12.2 Å². The van der Waals surface area contributed by atoms with Gasteiger partial charge in [0.1, 0.15) is 0 Å². The van der Waals surface area contributed by atoms with Gasteiger partial charge >= 0.3 is 51.4 Å². The fourth-order valence-corrected chi connectivity index (χ4v) is 0.365. The first-order valence-electron chi connectivity index (χ1n) is 2.15. The summed E-state index contributed by atoms with van der Waals surface area (Å²) < 4.78 is 28.3. The van der Waals surface area contributed by atoms with Crippen molar-refractivity contribution < 1.29 is 64.4 Å². The van der Waals surface area contributed by atoms with Crippen molar-refractivity contribution in [2.75, 3.05) is 6.54 Å². The number of rotatable bonds is 2. The van der Waals surface area contributed by atoms with Gasteiger partial charge < -0.3 is 5.73 Å². The Morgan fingerprint density at radius 1 is 1.67 bits per heavy atom. The SMILES string of the molecule is CC(CN)S(=O)(=O)O.[K+]. The van der Waals surface area contributed by atoms with E-state index in [1.165, 1.54) is 6.92 Å². The predicted molar refractivity (Wildman–Crippen MR) is 30.1 cm³/mol. The molecule has 0 heterocycles. The van der Waals surface area contributed by atoms with Crippen LogP contribution in [-0.2, 0) is 10.1 Å². The number of hydrogen-bond acceptors (Lipinski definition) is 3. The van der Waals surface area contributed by atoms with Crippen LogP contribution in [0, 0.1) is 0 Å². The monoisotopic (exact) mass is 178 g/mol. The molecule has 3 N–H and O–H groups in total. The molecule has 0 spiro atoms. The molecule has 6 heteroatoms. The van der Waals surface area contributed by atoms with E-state index in [1.54, 1.807) is 0 Å². The maximum atomic E-state index is 10.0. The molecular formula is C3H9KNO3S+. The van der Waals surface area contributed by atoms with Crippen LogP contribution in [0.1, 0.15) is 6.92 Å². The van der Waals surface area contributed by atoms with Crippen molar-refractivity contribution in [1.29, 1.82) is 0 Å². The molecule has 50 valence electrons. The second kappa shape index (κ2) is 5.20. The van der Waals surface area contributed by atoms with Gasteiger partial charge in [-0.1, -0.05) is 0 Å². The fourth-order valence-electron chi connectivity index (χ4n) is 0.122. The average Bonchev–Trinajstić information content (AvgIpc) is 1.62. The van der Waals surface area contributed by atoms with E-state index in [0.717, 1.165) is 0 Å². The first-order valence-corrected chi connectivity index (χ1v) is 3.65. The zero-order chi connectivity index (χ0) is 6.78. The first kappa shape index (κ1) is 13.1. The molecule has 0 fully saturated rings. The summed E-state index contributed by atoms with van der Waals surface area (Å²) in [5, 5.41) is -0.845. The summed E-state index contributed by atoms with van der Waals surface area (Å²) in [4.78, 5) is 0. The van der Waals surface area contributed by atoms with E-state index in [9.17, 15) is 8.42 Å². The van der Waals surface area contributed by atoms with Crippen LogP contribution < -0.4 is 57.1 Å². The van der Waals surface area contributed by atoms with Crippen LogP contribution in [0.2, 0.25) is 0 Å². The van der Waals surface area contributed by atoms with E-state index < -0.39 is 15.4 Å². The van der Waals surface area contributed by atoms with Crippen molar-refractivity contribution in [3.63, 3.8) is 0 Å². The minimum Gasteiger partial charge on any atom is -0.329 e. The summed E-state index contributed by atoms with van der Waals surface area (Å²) in [6.07, 6.45) is 0. The molecule has 0 aliphatic carbocycles. The molecule has 0 aromatic heterocycles. The van der Waals surface area contributed by atoms with Crippen molar-refractivity contribution >= 4 is 10.1 Å². The summed E-state index contributed by atoms with van der Waals surface area (Å²) in [5.74, 6) is 0. The second-order valence-electron chi connectivity index (χ2n) is 1.56. The molecule has 0 aliphatic rings. The molecule has 1 unspecified atom stereocenters. The molecule has 0 amide bonds. The van der Waals surface area contributed by atoms with E-state index >= 15 is 0 Å². The van der Waals surface area contributed by atoms with Gasteiger partial charge in [0.25, 0.3) is 10.1 Å². The molecule has 0 bridgehead atoms. The summed E-state index contributed by atoms with van der Waals surface area (Å²) in [5.41, 5.74) is 4.92. The molecule has 0 saturated carbocycles. The third kappa shape index (κ3) is 5.93. The minimum absolute atomic E-state index is 0. The van der Waals surface area contributed by atoms with Crippen molar-refractivity contribution in [3.8, 4) is 0 Å². The van der Waals surface area contributed by atoms with Crippen molar-refractivity contribution in [3.05, 3.63) is 0 Å². The van der Waals surface area contributed by atoms with E-state index in [2.05, 4.69) is 0 Å². The Morgan fingerprint density at radius 2 is 2.00 bits per heavy atom. The maximum absolute atomic E-state index is 10.0. The number of nitrogens with two attached hydrogens (primary N) is 1. The van der Waals surface area contributed by atoms with E-state index in [0.29, 0.717) is 0 Å². The molecule has 0 radical (unpaired) electrons. The van der Waals surface area contributed by atoms with Crippen LogP contribution in [0.3, 0.4) is 0 Å².